The molecule has 0 saturated carbocycles. The lowest BCUT2D eigenvalue weighted by Crippen LogP contribution is -1.94. The minimum Gasteiger partial charge on any atom is -0.355 e. The number of nitrogens with one attached hydrogen (secondary N) is 1. The van der Waals surface area contributed by atoms with E-state index < -0.39 is 0 Å². The molecule has 0 aliphatic carbocycles. The highest BCUT2D eigenvalue weighted by atomic mass is 19.1. The number of para-hydroxylation sites is 2. The Bertz CT molecular complexity index is 3050. The second-order valence-corrected chi connectivity index (χ2v) is 13.8. The second kappa shape index (κ2) is 11.3. The minimum atomic E-state index is -0.255. The van der Waals surface area contributed by atoms with Crippen LogP contribution in [0.3, 0.4) is 0 Å². The molecule has 11 aromatic rings. The smallest absolute Gasteiger partial charge is 0.125 e. The highest BCUT2D eigenvalue weighted by molar-refractivity contribution is 6.13. The van der Waals surface area contributed by atoms with E-state index in [1.165, 1.54) is 12.1 Å². The Labute approximate surface area is 302 Å². The molecule has 1 N–H and O–H groups in total. The Morgan fingerprint density at radius 3 is 1.17 bits per heavy atom. The van der Waals surface area contributed by atoms with Gasteiger partial charge in [0, 0.05) is 54.7 Å². The summed E-state index contributed by atoms with van der Waals surface area (Å²) in [5.74, 6) is -0.511. The van der Waals surface area contributed by atoms with Gasteiger partial charge in [0.1, 0.15) is 11.6 Å². The van der Waals surface area contributed by atoms with Crippen LogP contribution < -0.4 is 0 Å². The fourth-order valence-electron chi connectivity index (χ4n) is 8.35. The van der Waals surface area contributed by atoms with E-state index >= 15 is 0 Å². The van der Waals surface area contributed by atoms with Crippen LogP contribution in [0, 0.1) is 11.6 Å². The molecule has 0 aliphatic heterocycles. The van der Waals surface area contributed by atoms with Crippen LogP contribution in [0.2, 0.25) is 0 Å². The molecular weight excluding hydrogens is 657 g/mol. The topological polar surface area (TPSA) is 25.6 Å². The summed E-state index contributed by atoms with van der Waals surface area (Å²) >= 11 is 0. The lowest BCUT2D eigenvalue weighted by molar-refractivity contribution is 0.626. The SMILES string of the molecule is Fc1cccc(-n2c3ccccc3c3cc(-c4ccc5[nH]c6ccc(-c7ccc8c(c7)c7ccccc7n8-c7cccc(F)c7)cc6c5c4)ccc32)c1. The first-order valence-electron chi connectivity index (χ1n) is 17.7. The summed E-state index contributed by atoms with van der Waals surface area (Å²) in [6.45, 7) is 0. The van der Waals surface area contributed by atoms with Gasteiger partial charge in [-0.05, 0) is 119 Å². The molecule has 0 amide bonds. The predicted octanol–water partition coefficient (Wildman–Crippen LogP) is 13.1. The lowest BCUT2D eigenvalue weighted by Gasteiger charge is -2.09. The van der Waals surface area contributed by atoms with E-state index in [9.17, 15) is 8.78 Å². The van der Waals surface area contributed by atoms with E-state index in [1.54, 1.807) is 24.3 Å². The number of fused-ring (bicyclic) bond motifs is 9. The van der Waals surface area contributed by atoms with Gasteiger partial charge in [-0.25, -0.2) is 8.78 Å². The fraction of sp³-hybridized carbons (Fsp3) is 0. The molecule has 0 saturated heterocycles. The highest BCUT2D eigenvalue weighted by Crippen LogP contribution is 2.39. The number of H-pyrrole nitrogens is 1. The van der Waals surface area contributed by atoms with E-state index in [2.05, 4.69) is 123 Å². The molecule has 11 rings (SSSR count). The second-order valence-electron chi connectivity index (χ2n) is 13.8. The van der Waals surface area contributed by atoms with Gasteiger partial charge < -0.3 is 14.1 Å². The molecule has 0 radical (unpaired) electrons. The first kappa shape index (κ1) is 29.7. The Balaban J connectivity index is 1.04. The van der Waals surface area contributed by atoms with Crippen LogP contribution in [0.25, 0.3) is 99.0 Å². The number of hydrogen-bond donors (Lipinski definition) is 1. The summed E-state index contributed by atoms with van der Waals surface area (Å²) in [4.78, 5) is 3.63. The van der Waals surface area contributed by atoms with Crippen molar-refractivity contribution in [3.05, 3.63) is 181 Å². The molecule has 53 heavy (non-hydrogen) atoms. The van der Waals surface area contributed by atoms with Crippen LogP contribution in [0.1, 0.15) is 0 Å². The van der Waals surface area contributed by atoms with Gasteiger partial charge in [-0.1, -0.05) is 72.8 Å². The van der Waals surface area contributed by atoms with Crippen molar-refractivity contribution in [1.29, 1.82) is 0 Å². The van der Waals surface area contributed by atoms with Crippen molar-refractivity contribution in [3.63, 3.8) is 0 Å². The molecule has 0 fully saturated rings. The summed E-state index contributed by atoms with van der Waals surface area (Å²) in [5.41, 5.74) is 12.4. The Morgan fingerprint density at radius 2 is 0.717 bits per heavy atom. The van der Waals surface area contributed by atoms with Gasteiger partial charge in [0.25, 0.3) is 0 Å². The van der Waals surface area contributed by atoms with E-state index in [-0.39, 0.29) is 11.6 Å². The van der Waals surface area contributed by atoms with Crippen molar-refractivity contribution in [3.8, 4) is 33.6 Å². The van der Waals surface area contributed by atoms with E-state index in [0.717, 1.165) is 99.0 Å². The van der Waals surface area contributed by atoms with Gasteiger partial charge in [0.15, 0.2) is 0 Å². The summed E-state index contributed by atoms with van der Waals surface area (Å²) in [6, 6.07) is 56.5. The number of rotatable bonds is 4. The normalized spacial score (nSPS) is 12.0. The Kier molecular flexibility index (Phi) is 6.31. The molecule has 250 valence electrons. The van der Waals surface area contributed by atoms with Crippen LogP contribution in [-0.2, 0) is 0 Å². The standard InChI is InChI=1S/C48H29F2N3/c49-33-7-5-9-35(27-33)52-45-13-3-1-11-37(45)41-25-31(17-21-47(41)52)29-15-19-43-39(23-29)40-24-30(16-20-44(40)51-43)32-18-22-48-42(26-32)38-12-2-4-14-46(38)53(48)36-10-6-8-34(50)28-36/h1-28,51H. The molecule has 0 bridgehead atoms. The van der Waals surface area contributed by atoms with Crippen molar-refractivity contribution in [2.24, 2.45) is 0 Å². The minimum absolute atomic E-state index is 0.255. The maximum atomic E-state index is 14.3. The average Bonchev–Trinajstić information content (AvgIpc) is 3.84. The molecular formula is C48H29F2N3. The first-order valence-corrected chi connectivity index (χ1v) is 17.7. The molecule has 0 unspecified atom stereocenters. The van der Waals surface area contributed by atoms with E-state index in [1.807, 2.05) is 24.3 Å². The van der Waals surface area contributed by atoms with E-state index in [0.29, 0.717) is 0 Å². The molecule has 3 heterocycles. The molecule has 0 spiro atoms. The third kappa shape index (κ3) is 4.57. The van der Waals surface area contributed by atoms with Gasteiger partial charge in [-0.15, -0.1) is 0 Å². The van der Waals surface area contributed by atoms with Crippen LogP contribution in [0.15, 0.2) is 170 Å². The van der Waals surface area contributed by atoms with Gasteiger partial charge in [0.05, 0.1) is 22.1 Å². The van der Waals surface area contributed by atoms with Gasteiger partial charge in [-0.2, -0.15) is 0 Å². The molecule has 8 aromatic carbocycles. The van der Waals surface area contributed by atoms with Gasteiger partial charge >= 0.3 is 0 Å². The zero-order chi connectivity index (χ0) is 35.2. The van der Waals surface area contributed by atoms with Gasteiger partial charge in [-0.3, -0.25) is 0 Å². The van der Waals surface area contributed by atoms with Crippen molar-refractivity contribution in [1.82, 2.24) is 14.1 Å². The number of aromatic amines is 1. The Morgan fingerprint density at radius 1 is 0.321 bits per heavy atom. The number of hydrogen-bond acceptors (Lipinski definition) is 0. The third-order valence-electron chi connectivity index (χ3n) is 10.7. The first-order chi connectivity index (χ1) is 26.1. The quantitative estimate of drug-likeness (QED) is 0.191. The summed E-state index contributed by atoms with van der Waals surface area (Å²) in [5, 5.41) is 6.82. The highest BCUT2D eigenvalue weighted by Gasteiger charge is 2.16. The van der Waals surface area contributed by atoms with Crippen molar-refractivity contribution in [2.45, 2.75) is 0 Å². The summed E-state index contributed by atoms with van der Waals surface area (Å²) in [7, 11) is 0. The van der Waals surface area contributed by atoms with Crippen LogP contribution in [-0.4, -0.2) is 14.1 Å². The number of aromatic nitrogens is 3. The van der Waals surface area contributed by atoms with Crippen molar-refractivity contribution in [2.75, 3.05) is 0 Å². The third-order valence-corrected chi connectivity index (χ3v) is 10.7. The maximum absolute atomic E-state index is 14.3. The van der Waals surface area contributed by atoms with Crippen LogP contribution in [0.4, 0.5) is 8.78 Å². The van der Waals surface area contributed by atoms with Crippen molar-refractivity contribution >= 4 is 65.4 Å². The van der Waals surface area contributed by atoms with E-state index in [4.69, 9.17) is 0 Å². The van der Waals surface area contributed by atoms with Crippen LogP contribution in [0.5, 0.6) is 0 Å². The molecule has 0 atom stereocenters. The molecule has 0 aliphatic rings. The molecule has 5 heteroatoms. The Hall–Kier alpha value is -6.98. The largest absolute Gasteiger partial charge is 0.355 e. The number of nitrogens with zero attached hydrogens (tertiary/aromatic N) is 2. The average molecular weight is 686 g/mol. The summed E-state index contributed by atoms with van der Waals surface area (Å²) < 4.78 is 33.0. The fourth-order valence-corrected chi connectivity index (χ4v) is 8.35. The molecule has 3 nitrogen and oxygen atoms in total. The maximum Gasteiger partial charge on any atom is 0.125 e. The number of benzene rings is 8. The van der Waals surface area contributed by atoms with Crippen molar-refractivity contribution < 1.29 is 8.78 Å². The summed E-state index contributed by atoms with van der Waals surface area (Å²) in [6.07, 6.45) is 0. The molecule has 3 aromatic heterocycles. The zero-order valence-corrected chi connectivity index (χ0v) is 28.3. The monoisotopic (exact) mass is 685 g/mol. The number of halogens is 2. The predicted molar refractivity (Wildman–Crippen MR) is 215 cm³/mol. The zero-order valence-electron chi connectivity index (χ0n) is 28.3. The lowest BCUT2D eigenvalue weighted by atomic mass is 9.98. The van der Waals surface area contributed by atoms with Gasteiger partial charge in [0.2, 0.25) is 0 Å². The van der Waals surface area contributed by atoms with Crippen LogP contribution >= 0.6 is 0 Å².